The lowest BCUT2D eigenvalue weighted by molar-refractivity contribution is -0.149. The summed E-state index contributed by atoms with van der Waals surface area (Å²) in [4.78, 5) is 34.4. The largest absolute Gasteiger partial charge is 0.462 e. The van der Waals surface area contributed by atoms with Gasteiger partial charge in [0.25, 0.3) is 0 Å². The Morgan fingerprint density at radius 1 is 1.08 bits per heavy atom. The van der Waals surface area contributed by atoms with Crippen LogP contribution in [0.1, 0.15) is 18.1 Å². The van der Waals surface area contributed by atoms with E-state index in [-0.39, 0.29) is 42.6 Å². The Morgan fingerprint density at radius 2 is 1.60 bits per heavy atom. The van der Waals surface area contributed by atoms with Crippen LogP contribution in [-0.2, 0) is 36.7 Å². The van der Waals surface area contributed by atoms with E-state index in [4.69, 9.17) is 15.2 Å². The molecule has 0 fully saturated rings. The smallest absolute Gasteiger partial charge is 0.333 e. The van der Waals surface area contributed by atoms with Crippen LogP contribution in [0.4, 0.5) is 0 Å². The Hall–Kier alpha value is -2.74. The maximum Gasteiger partial charge on any atom is 0.333 e. The van der Waals surface area contributed by atoms with Gasteiger partial charge in [-0.3, -0.25) is 9.59 Å². The molecule has 134 valence electrons. The molecule has 0 heterocycles. The quantitative estimate of drug-likeness (QED) is 0.304. The van der Waals surface area contributed by atoms with Crippen molar-refractivity contribution in [2.45, 2.75) is 19.8 Å². The maximum absolute atomic E-state index is 11.7. The van der Waals surface area contributed by atoms with Crippen LogP contribution in [0.3, 0.4) is 0 Å². The molecule has 1 amide bonds. The zero-order valence-corrected chi connectivity index (χ0v) is 14.7. The fourth-order valence-electron chi connectivity index (χ4n) is 1.77. The number of hydrogen-bond donors (Lipinski definition) is 2. The standard InChI is InChI=1S/C17H20N2O5S/c1-11(2)16(22)24-8-7-23-15(21)10-13-5-3-12(4-6-13)9-14(20)19-17(18)25/h3-6H,1,7-10H2,2H3,(H3,18,19,20,25). The maximum atomic E-state index is 11.7. The van der Waals surface area contributed by atoms with Crippen LogP contribution in [0.5, 0.6) is 0 Å². The monoisotopic (exact) mass is 364 g/mol. The number of amides is 1. The van der Waals surface area contributed by atoms with Crippen molar-refractivity contribution in [3.05, 3.63) is 47.5 Å². The molecule has 0 unspecified atom stereocenters. The molecule has 0 aromatic heterocycles. The van der Waals surface area contributed by atoms with Gasteiger partial charge in [0.15, 0.2) is 5.11 Å². The zero-order chi connectivity index (χ0) is 18.8. The van der Waals surface area contributed by atoms with Crippen LogP contribution < -0.4 is 11.1 Å². The molecule has 3 N–H and O–H groups in total. The first kappa shape index (κ1) is 20.3. The van der Waals surface area contributed by atoms with Gasteiger partial charge in [0, 0.05) is 5.57 Å². The minimum atomic E-state index is -0.522. The number of benzene rings is 1. The first-order valence-corrected chi connectivity index (χ1v) is 7.84. The number of nitrogens with one attached hydrogen (secondary N) is 1. The SMILES string of the molecule is C=C(C)C(=O)OCCOC(=O)Cc1ccc(CC(=O)NC(N)=S)cc1. The van der Waals surface area contributed by atoms with Gasteiger partial charge in [0.05, 0.1) is 12.8 Å². The highest BCUT2D eigenvalue weighted by molar-refractivity contribution is 7.80. The summed E-state index contributed by atoms with van der Waals surface area (Å²) >= 11 is 4.59. The Balaban J connectivity index is 2.35. The lowest BCUT2D eigenvalue weighted by Crippen LogP contribution is -2.35. The normalized spacial score (nSPS) is 9.80. The molecular formula is C17H20N2O5S. The fraction of sp³-hybridized carbons (Fsp3) is 0.294. The molecule has 25 heavy (non-hydrogen) atoms. The Morgan fingerprint density at radius 3 is 2.12 bits per heavy atom. The number of rotatable bonds is 8. The van der Waals surface area contributed by atoms with Gasteiger partial charge in [-0.05, 0) is 30.3 Å². The average molecular weight is 364 g/mol. The Kier molecular flexibility index (Phi) is 8.28. The summed E-state index contributed by atoms with van der Waals surface area (Å²) in [5, 5.41) is 2.27. The second-order valence-corrected chi connectivity index (χ2v) is 5.66. The number of thiocarbonyl (C=S) groups is 1. The summed E-state index contributed by atoms with van der Waals surface area (Å²) in [6.45, 7) is 4.94. The number of carbonyl (C=O) groups is 3. The van der Waals surface area contributed by atoms with E-state index >= 15 is 0 Å². The van der Waals surface area contributed by atoms with Crippen molar-refractivity contribution in [2.75, 3.05) is 13.2 Å². The van der Waals surface area contributed by atoms with E-state index in [9.17, 15) is 14.4 Å². The lowest BCUT2D eigenvalue weighted by atomic mass is 10.1. The van der Waals surface area contributed by atoms with E-state index < -0.39 is 11.9 Å². The minimum Gasteiger partial charge on any atom is -0.462 e. The third-order valence-electron chi connectivity index (χ3n) is 2.93. The molecule has 1 aromatic rings. The van der Waals surface area contributed by atoms with Gasteiger partial charge in [-0.2, -0.15) is 0 Å². The van der Waals surface area contributed by atoms with E-state index in [1.165, 1.54) is 6.92 Å². The van der Waals surface area contributed by atoms with Crippen molar-refractivity contribution < 1.29 is 23.9 Å². The summed E-state index contributed by atoms with van der Waals surface area (Å²) < 4.78 is 9.79. The molecule has 0 saturated heterocycles. The van der Waals surface area contributed by atoms with Gasteiger partial charge in [-0.15, -0.1) is 0 Å². The summed E-state index contributed by atoms with van der Waals surface area (Å²) in [5.74, 6) is -1.26. The highest BCUT2D eigenvalue weighted by Gasteiger charge is 2.08. The Labute approximate surface area is 151 Å². The minimum absolute atomic E-state index is 0.0187. The van der Waals surface area contributed by atoms with Gasteiger partial charge in [0.1, 0.15) is 13.2 Å². The first-order valence-electron chi connectivity index (χ1n) is 7.43. The van der Waals surface area contributed by atoms with Crippen LogP contribution in [0.2, 0.25) is 0 Å². The second kappa shape index (κ2) is 10.2. The van der Waals surface area contributed by atoms with Gasteiger partial charge in [0.2, 0.25) is 5.91 Å². The third kappa shape index (κ3) is 8.61. The molecule has 0 aliphatic heterocycles. The number of carbonyl (C=O) groups excluding carboxylic acids is 3. The summed E-state index contributed by atoms with van der Waals surface area (Å²) in [5.41, 5.74) is 7.01. The molecule has 0 aliphatic carbocycles. The number of hydrogen-bond acceptors (Lipinski definition) is 6. The molecule has 7 nitrogen and oxygen atoms in total. The third-order valence-corrected chi connectivity index (χ3v) is 3.03. The van der Waals surface area contributed by atoms with Crippen LogP contribution in [0, 0.1) is 0 Å². The van der Waals surface area contributed by atoms with Gasteiger partial charge < -0.3 is 20.5 Å². The molecule has 0 atom stereocenters. The topological polar surface area (TPSA) is 108 Å². The number of nitrogens with two attached hydrogens (primary N) is 1. The summed E-state index contributed by atoms with van der Waals surface area (Å²) in [7, 11) is 0. The highest BCUT2D eigenvalue weighted by Crippen LogP contribution is 2.07. The van der Waals surface area contributed by atoms with E-state index in [0.717, 1.165) is 11.1 Å². The fourth-order valence-corrected chi connectivity index (χ4v) is 1.89. The van der Waals surface area contributed by atoms with Crippen LogP contribution >= 0.6 is 12.2 Å². The van der Waals surface area contributed by atoms with Gasteiger partial charge in [-0.1, -0.05) is 30.8 Å². The number of esters is 2. The molecule has 0 saturated carbocycles. The van der Waals surface area contributed by atoms with Crippen LogP contribution in [0.25, 0.3) is 0 Å². The second-order valence-electron chi connectivity index (χ2n) is 5.22. The zero-order valence-electron chi connectivity index (χ0n) is 13.9. The number of ether oxygens (including phenoxy) is 2. The van der Waals surface area contributed by atoms with Crippen LogP contribution in [-0.4, -0.2) is 36.2 Å². The van der Waals surface area contributed by atoms with Crippen molar-refractivity contribution in [1.82, 2.24) is 5.32 Å². The summed E-state index contributed by atoms with van der Waals surface area (Å²) in [6.07, 6.45) is 0.212. The van der Waals surface area contributed by atoms with Crippen molar-refractivity contribution in [2.24, 2.45) is 5.73 Å². The molecule has 8 heteroatoms. The molecule has 0 spiro atoms. The van der Waals surface area contributed by atoms with E-state index in [1.54, 1.807) is 24.3 Å². The predicted molar refractivity (Wildman–Crippen MR) is 95.5 cm³/mol. The summed E-state index contributed by atoms with van der Waals surface area (Å²) in [6, 6.07) is 6.92. The lowest BCUT2D eigenvalue weighted by Gasteiger charge is -2.07. The van der Waals surface area contributed by atoms with Crippen LogP contribution in [0.15, 0.2) is 36.4 Å². The van der Waals surface area contributed by atoms with Crippen molar-refractivity contribution in [1.29, 1.82) is 0 Å². The Bertz CT molecular complexity index is 670. The molecular weight excluding hydrogens is 344 g/mol. The van der Waals surface area contributed by atoms with E-state index in [1.807, 2.05) is 0 Å². The average Bonchev–Trinajstić information content (AvgIpc) is 2.52. The molecule has 0 bridgehead atoms. The van der Waals surface area contributed by atoms with Crippen molar-refractivity contribution >= 4 is 35.2 Å². The first-order chi connectivity index (χ1) is 11.8. The molecule has 0 radical (unpaired) electrons. The van der Waals surface area contributed by atoms with Gasteiger partial charge >= 0.3 is 11.9 Å². The van der Waals surface area contributed by atoms with Gasteiger partial charge in [-0.25, -0.2) is 4.79 Å². The molecule has 0 aliphatic rings. The molecule has 1 rings (SSSR count). The van der Waals surface area contributed by atoms with E-state index in [0.29, 0.717) is 0 Å². The van der Waals surface area contributed by atoms with Crippen molar-refractivity contribution in [3.63, 3.8) is 0 Å². The highest BCUT2D eigenvalue weighted by atomic mass is 32.1. The predicted octanol–water partition coefficient (Wildman–Crippen LogP) is 0.794. The van der Waals surface area contributed by atoms with Crippen molar-refractivity contribution in [3.8, 4) is 0 Å². The molecule has 1 aromatic carbocycles. The van der Waals surface area contributed by atoms with E-state index in [2.05, 4.69) is 24.1 Å².